The standard InChI is InChI=1S/C14H24N4O/c1-11(13-10-17(3)16-12(13)2)15-9-14(19)18-7-5-4-6-8-18/h10-11,15H,4-9H2,1-3H3. The van der Waals surface area contributed by atoms with Gasteiger partial charge in [0.05, 0.1) is 12.2 Å². The zero-order valence-electron chi connectivity index (χ0n) is 12.1. The number of hydrogen-bond donors (Lipinski definition) is 1. The van der Waals surface area contributed by atoms with E-state index in [1.807, 2.05) is 29.7 Å². The van der Waals surface area contributed by atoms with Crippen molar-refractivity contribution in [1.82, 2.24) is 20.0 Å². The Kier molecular flexibility index (Phi) is 4.58. The van der Waals surface area contributed by atoms with E-state index in [0.29, 0.717) is 6.54 Å². The maximum atomic E-state index is 12.1. The fourth-order valence-electron chi connectivity index (χ4n) is 2.65. The molecule has 1 aromatic rings. The number of carbonyl (C=O) groups is 1. The highest BCUT2D eigenvalue weighted by Gasteiger charge is 2.18. The molecule has 1 unspecified atom stereocenters. The van der Waals surface area contributed by atoms with Crippen LogP contribution in [-0.2, 0) is 11.8 Å². The number of nitrogens with one attached hydrogen (secondary N) is 1. The third-order valence-corrected chi connectivity index (χ3v) is 3.79. The molecule has 1 atom stereocenters. The highest BCUT2D eigenvalue weighted by molar-refractivity contribution is 5.78. The molecular weight excluding hydrogens is 240 g/mol. The van der Waals surface area contributed by atoms with Crippen molar-refractivity contribution in [2.75, 3.05) is 19.6 Å². The van der Waals surface area contributed by atoms with Gasteiger partial charge in [-0.3, -0.25) is 9.48 Å². The third-order valence-electron chi connectivity index (χ3n) is 3.79. The number of hydrogen-bond acceptors (Lipinski definition) is 3. The molecule has 1 N–H and O–H groups in total. The highest BCUT2D eigenvalue weighted by Crippen LogP contribution is 2.15. The monoisotopic (exact) mass is 264 g/mol. The van der Waals surface area contributed by atoms with Crippen LogP contribution in [0.5, 0.6) is 0 Å². The van der Waals surface area contributed by atoms with Crippen LogP contribution in [0.4, 0.5) is 0 Å². The van der Waals surface area contributed by atoms with Crippen molar-refractivity contribution in [2.24, 2.45) is 7.05 Å². The lowest BCUT2D eigenvalue weighted by molar-refractivity contribution is -0.131. The summed E-state index contributed by atoms with van der Waals surface area (Å²) in [6.07, 6.45) is 5.55. The second-order valence-corrected chi connectivity index (χ2v) is 5.39. The number of amides is 1. The first-order valence-electron chi connectivity index (χ1n) is 7.09. The quantitative estimate of drug-likeness (QED) is 0.894. The molecule has 19 heavy (non-hydrogen) atoms. The van der Waals surface area contributed by atoms with Crippen LogP contribution < -0.4 is 5.32 Å². The Morgan fingerprint density at radius 2 is 2.11 bits per heavy atom. The number of aryl methyl sites for hydroxylation is 2. The summed E-state index contributed by atoms with van der Waals surface area (Å²) in [5.74, 6) is 0.216. The average Bonchev–Trinajstić information content (AvgIpc) is 2.75. The smallest absolute Gasteiger partial charge is 0.236 e. The largest absolute Gasteiger partial charge is 0.342 e. The normalized spacial score (nSPS) is 17.5. The molecule has 0 saturated carbocycles. The molecule has 0 radical (unpaired) electrons. The number of rotatable bonds is 4. The van der Waals surface area contributed by atoms with Gasteiger partial charge in [-0.15, -0.1) is 0 Å². The first kappa shape index (κ1) is 14.1. The van der Waals surface area contributed by atoms with E-state index in [9.17, 15) is 4.79 Å². The third kappa shape index (κ3) is 3.56. The van der Waals surface area contributed by atoms with E-state index in [1.165, 1.54) is 6.42 Å². The van der Waals surface area contributed by atoms with Gasteiger partial charge in [0.15, 0.2) is 0 Å². The lowest BCUT2D eigenvalue weighted by atomic mass is 10.1. The maximum absolute atomic E-state index is 12.1. The molecule has 1 aromatic heterocycles. The Bertz CT molecular complexity index is 435. The summed E-state index contributed by atoms with van der Waals surface area (Å²) in [4.78, 5) is 14.0. The summed E-state index contributed by atoms with van der Waals surface area (Å²) >= 11 is 0. The fraction of sp³-hybridized carbons (Fsp3) is 0.714. The van der Waals surface area contributed by atoms with Gasteiger partial charge in [0.2, 0.25) is 5.91 Å². The van der Waals surface area contributed by atoms with Crippen LogP contribution >= 0.6 is 0 Å². The summed E-state index contributed by atoms with van der Waals surface area (Å²) in [6.45, 7) is 6.32. The number of aromatic nitrogens is 2. The highest BCUT2D eigenvalue weighted by atomic mass is 16.2. The minimum absolute atomic E-state index is 0.155. The Hall–Kier alpha value is -1.36. The molecule has 5 heteroatoms. The second-order valence-electron chi connectivity index (χ2n) is 5.39. The van der Waals surface area contributed by atoms with Crippen molar-refractivity contribution < 1.29 is 4.79 Å². The van der Waals surface area contributed by atoms with E-state index in [1.54, 1.807) is 0 Å². The predicted molar refractivity (Wildman–Crippen MR) is 74.8 cm³/mol. The maximum Gasteiger partial charge on any atom is 0.236 e. The Morgan fingerprint density at radius 1 is 1.42 bits per heavy atom. The van der Waals surface area contributed by atoms with E-state index >= 15 is 0 Å². The average molecular weight is 264 g/mol. The Morgan fingerprint density at radius 3 is 2.68 bits per heavy atom. The van der Waals surface area contributed by atoms with Gasteiger partial charge >= 0.3 is 0 Å². The zero-order valence-corrected chi connectivity index (χ0v) is 12.1. The SMILES string of the molecule is Cc1nn(C)cc1C(C)NCC(=O)N1CCCCC1. The number of likely N-dealkylation sites (tertiary alicyclic amines) is 1. The predicted octanol–water partition coefficient (Wildman–Crippen LogP) is 1.39. The van der Waals surface area contributed by atoms with E-state index in [4.69, 9.17) is 0 Å². The van der Waals surface area contributed by atoms with E-state index in [-0.39, 0.29) is 11.9 Å². The summed E-state index contributed by atoms with van der Waals surface area (Å²) < 4.78 is 1.81. The summed E-state index contributed by atoms with van der Waals surface area (Å²) in [5, 5.41) is 7.64. The van der Waals surface area contributed by atoms with Crippen molar-refractivity contribution in [1.29, 1.82) is 0 Å². The van der Waals surface area contributed by atoms with Gasteiger partial charge in [0.1, 0.15) is 0 Å². The van der Waals surface area contributed by atoms with Crippen LogP contribution in [0.3, 0.4) is 0 Å². The van der Waals surface area contributed by atoms with Crippen molar-refractivity contribution in [3.05, 3.63) is 17.5 Å². The molecule has 1 aliphatic heterocycles. The van der Waals surface area contributed by atoms with Gasteiger partial charge in [-0.2, -0.15) is 5.10 Å². The van der Waals surface area contributed by atoms with E-state index < -0.39 is 0 Å². The van der Waals surface area contributed by atoms with Crippen LogP contribution in [0, 0.1) is 6.92 Å². The molecule has 1 saturated heterocycles. The first-order chi connectivity index (χ1) is 9.08. The molecule has 0 bridgehead atoms. The zero-order chi connectivity index (χ0) is 13.8. The number of piperidine rings is 1. The lowest BCUT2D eigenvalue weighted by Gasteiger charge is -2.27. The summed E-state index contributed by atoms with van der Waals surface area (Å²) in [5.41, 5.74) is 2.18. The lowest BCUT2D eigenvalue weighted by Crippen LogP contribution is -2.41. The van der Waals surface area contributed by atoms with Gasteiger partial charge < -0.3 is 10.2 Å². The van der Waals surface area contributed by atoms with Gasteiger partial charge in [0, 0.05) is 37.9 Å². The van der Waals surface area contributed by atoms with Crippen LogP contribution in [0.1, 0.15) is 43.5 Å². The van der Waals surface area contributed by atoms with Crippen molar-refractivity contribution in [2.45, 2.75) is 39.2 Å². The molecule has 2 rings (SSSR count). The molecule has 5 nitrogen and oxygen atoms in total. The van der Waals surface area contributed by atoms with E-state index in [2.05, 4.69) is 17.3 Å². The van der Waals surface area contributed by atoms with Crippen LogP contribution in [0.25, 0.3) is 0 Å². The summed E-state index contributed by atoms with van der Waals surface area (Å²) in [6, 6.07) is 0.155. The van der Waals surface area contributed by atoms with Crippen LogP contribution in [-0.4, -0.2) is 40.2 Å². The molecule has 2 heterocycles. The number of carbonyl (C=O) groups excluding carboxylic acids is 1. The minimum Gasteiger partial charge on any atom is -0.342 e. The van der Waals surface area contributed by atoms with Crippen molar-refractivity contribution in [3.8, 4) is 0 Å². The Labute approximate surface area is 115 Å². The van der Waals surface area contributed by atoms with Crippen molar-refractivity contribution in [3.63, 3.8) is 0 Å². The molecule has 1 amide bonds. The first-order valence-corrected chi connectivity index (χ1v) is 7.09. The fourth-order valence-corrected chi connectivity index (χ4v) is 2.65. The van der Waals surface area contributed by atoms with Gasteiger partial charge in [-0.1, -0.05) is 0 Å². The molecule has 0 aromatic carbocycles. The molecule has 1 aliphatic rings. The topological polar surface area (TPSA) is 50.2 Å². The minimum atomic E-state index is 0.155. The van der Waals surface area contributed by atoms with Crippen molar-refractivity contribution >= 4 is 5.91 Å². The van der Waals surface area contributed by atoms with Gasteiger partial charge in [-0.05, 0) is 33.1 Å². The number of nitrogens with zero attached hydrogens (tertiary/aromatic N) is 3. The van der Waals surface area contributed by atoms with Crippen LogP contribution in [0.2, 0.25) is 0 Å². The van der Waals surface area contributed by atoms with E-state index in [0.717, 1.165) is 37.2 Å². The summed E-state index contributed by atoms with van der Waals surface area (Å²) in [7, 11) is 1.92. The molecule has 106 valence electrons. The molecular formula is C14H24N4O. The Balaban J connectivity index is 1.84. The molecule has 1 fully saturated rings. The molecule has 0 spiro atoms. The second kappa shape index (κ2) is 6.19. The van der Waals surface area contributed by atoms with Gasteiger partial charge in [0.25, 0.3) is 0 Å². The van der Waals surface area contributed by atoms with Crippen LogP contribution in [0.15, 0.2) is 6.20 Å². The van der Waals surface area contributed by atoms with Gasteiger partial charge in [-0.25, -0.2) is 0 Å². The molecule has 0 aliphatic carbocycles.